The first-order chi connectivity index (χ1) is 15.0. The molecule has 0 bridgehead atoms. The fourth-order valence-corrected chi connectivity index (χ4v) is 2.84. The van der Waals surface area contributed by atoms with Gasteiger partial charge in [0.15, 0.2) is 5.78 Å². The molecule has 0 fully saturated rings. The monoisotopic (exact) mass is 418 g/mol. The van der Waals surface area contributed by atoms with Gasteiger partial charge in [0.05, 0.1) is 32.5 Å². The molecule has 31 heavy (non-hydrogen) atoms. The molecule has 0 atom stereocenters. The number of allylic oxidation sites excluding steroid dienone is 1. The summed E-state index contributed by atoms with van der Waals surface area (Å²) in [5.41, 5.74) is 1.50. The zero-order chi connectivity index (χ0) is 22.2. The molecule has 0 unspecified atom stereocenters. The first-order valence-corrected chi connectivity index (χ1v) is 9.45. The highest BCUT2D eigenvalue weighted by Gasteiger charge is 2.12. The van der Waals surface area contributed by atoms with Crippen LogP contribution in [-0.4, -0.2) is 33.1 Å². The second-order valence-corrected chi connectivity index (χ2v) is 6.45. The minimum absolute atomic E-state index is 0.239. The molecule has 0 aliphatic carbocycles. The Hall–Kier alpha value is -4.06. The molecule has 0 radical (unpaired) electrons. The molecular weight excluding hydrogens is 396 g/mol. The van der Waals surface area contributed by atoms with Crippen LogP contribution in [-0.2, 0) is 0 Å². The van der Waals surface area contributed by atoms with E-state index < -0.39 is 5.97 Å². The van der Waals surface area contributed by atoms with Crippen LogP contribution < -0.4 is 18.9 Å². The third kappa shape index (κ3) is 5.51. The largest absolute Gasteiger partial charge is 0.497 e. The topological polar surface area (TPSA) is 71.1 Å². The smallest absolute Gasteiger partial charge is 0.343 e. The number of benzene rings is 3. The van der Waals surface area contributed by atoms with Crippen LogP contribution in [0.25, 0.3) is 6.08 Å². The van der Waals surface area contributed by atoms with Crippen molar-refractivity contribution in [3.63, 3.8) is 0 Å². The van der Waals surface area contributed by atoms with Gasteiger partial charge >= 0.3 is 5.97 Å². The molecule has 0 aromatic heterocycles. The quantitative estimate of drug-likeness (QED) is 0.226. The van der Waals surface area contributed by atoms with E-state index in [9.17, 15) is 9.59 Å². The standard InChI is InChI=1S/C25H22O6/c1-28-19-10-8-18(9-11-19)25(27)31-21-6-4-5-17(15-21)7-13-23(26)22-16-20(29-2)12-14-24(22)30-3/h4-16H,1-3H3. The zero-order valence-electron chi connectivity index (χ0n) is 17.5. The van der Waals surface area contributed by atoms with Crippen LogP contribution in [0.15, 0.2) is 72.8 Å². The maximum Gasteiger partial charge on any atom is 0.343 e. The van der Waals surface area contributed by atoms with Gasteiger partial charge in [-0.05, 0) is 66.2 Å². The Labute approximate surface area is 180 Å². The summed E-state index contributed by atoms with van der Waals surface area (Å²) in [4.78, 5) is 25.0. The van der Waals surface area contributed by atoms with E-state index in [1.807, 2.05) is 0 Å². The van der Waals surface area contributed by atoms with Gasteiger partial charge in [-0.25, -0.2) is 4.79 Å². The molecule has 158 valence electrons. The second kappa shape index (κ2) is 10.1. The van der Waals surface area contributed by atoms with Gasteiger partial charge in [-0.15, -0.1) is 0 Å². The summed E-state index contributed by atoms with van der Waals surface area (Å²) in [7, 11) is 4.59. The van der Waals surface area contributed by atoms with Crippen molar-refractivity contribution < 1.29 is 28.5 Å². The highest BCUT2D eigenvalue weighted by Crippen LogP contribution is 2.25. The summed E-state index contributed by atoms with van der Waals surface area (Å²) >= 11 is 0. The van der Waals surface area contributed by atoms with Crippen molar-refractivity contribution in [3.8, 4) is 23.0 Å². The molecule has 0 heterocycles. The third-order valence-electron chi connectivity index (χ3n) is 4.49. The lowest BCUT2D eigenvalue weighted by Gasteiger charge is -2.08. The first-order valence-electron chi connectivity index (χ1n) is 9.45. The summed E-state index contributed by atoms with van der Waals surface area (Å²) in [5, 5.41) is 0. The first kappa shape index (κ1) is 21.6. The van der Waals surface area contributed by atoms with Crippen molar-refractivity contribution in [2.75, 3.05) is 21.3 Å². The molecule has 0 spiro atoms. The molecular formula is C25H22O6. The Balaban J connectivity index is 1.73. The van der Waals surface area contributed by atoms with E-state index >= 15 is 0 Å². The molecule has 0 N–H and O–H groups in total. The summed E-state index contributed by atoms with van der Waals surface area (Å²) in [5.74, 6) is 1.32. The SMILES string of the molecule is COc1ccc(C(=O)Oc2cccc(C=CC(=O)c3cc(OC)ccc3OC)c2)cc1. The number of esters is 1. The van der Waals surface area contributed by atoms with Gasteiger partial charge in [0, 0.05) is 0 Å². The van der Waals surface area contributed by atoms with Gasteiger partial charge in [-0.1, -0.05) is 18.2 Å². The average molecular weight is 418 g/mol. The van der Waals surface area contributed by atoms with Crippen molar-refractivity contribution in [2.24, 2.45) is 0 Å². The lowest BCUT2D eigenvalue weighted by atomic mass is 10.1. The molecule has 0 aliphatic rings. The summed E-state index contributed by atoms with van der Waals surface area (Å²) in [6, 6.07) is 18.6. The minimum Gasteiger partial charge on any atom is -0.497 e. The van der Waals surface area contributed by atoms with E-state index in [2.05, 4.69) is 0 Å². The summed E-state index contributed by atoms with van der Waals surface area (Å²) < 4.78 is 21.0. The second-order valence-electron chi connectivity index (χ2n) is 6.45. The lowest BCUT2D eigenvalue weighted by Crippen LogP contribution is -2.08. The maximum absolute atomic E-state index is 12.6. The van der Waals surface area contributed by atoms with Crippen molar-refractivity contribution in [1.29, 1.82) is 0 Å². The van der Waals surface area contributed by atoms with Gasteiger partial charge in [0.1, 0.15) is 23.0 Å². The van der Waals surface area contributed by atoms with Crippen LogP contribution in [0.5, 0.6) is 23.0 Å². The lowest BCUT2D eigenvalue weighted by molar-refractivity contribution is 0.0734. The van der Waals surface area contributed by atoms with Crippen molar-refractivity contribution in [3.05, 3.63) is 89.5 Å². The Kier molecular flexibility index (Phi) is 7.06. The number of carbonyl (C=O) groups is 2. The fraction of sp³-hybridized carbons (Fsp3) is 0.120. The van der Waals surface area contributed by atoms with Crippen LogP contribution in [0, 0.1) is 0 Å². The van der Waals surface area contributed by atoms with E-state index in [4.69, 9.17) is 18.9 Å². The number of methoxy groups -OCH3 is 3. The van der Waals surface area contributed by atoms with Crippen molar-refractivity contribution in [1.82, 2.24) is 0 Å². The van der Waals surface area contributed by atoms with Gasteiger partial charge in [-0.2, -0.15) is 0 Å². The average Bonchev–Trinajstić information content (AvgIpc) is 2.82. The van der Waals surface area contributed by atoms with Crippen LogP contribution in [0.2, 0.25) is 0 Å². The summed E-state index contributed by atoms with van der Waals surface area (Å²) in [6.45, 7) is 0. The van der Waals surface area contributed by atoms with E-state index in [1.165, 1.54) is 20.3 Å². The van der Waals surface area contributed by atoms with Crippen molar-refractivity contribution in [2.45, 2.75) is 0 Å². The summed E-state index contributed by atoms with van der Waals surface area (Å²) in [6.07, 6.45) is 3.08. The Morgan fingerprint density at radius 1 is 0.742 bits per heavy atom. The fourth-order valence-electron chi connectivity index (χ4n) is 2.84. The number of ketones is 1. The molecule has 3 aromatic carbocycles. The molecule has 3 aromatic rings. The zero-order valence-corrected chi connectivity index (χ0v) is 17.5. The molecule has 0 saturated carbocycles. The normalized spacial score (nSPS) is 10.5. The highest BCUT2D eigenvalue weighted by molar-refractivity contribution is 6.09. The number of hydrogen-bond acceptors (Lipinski definition) is 6. The third-order valence-corrected chi connectivity index (χ3v) is 4.49. The molecule has 6 nitrogen and oxygen atoms in total. The van der Waals surface area contributed by atoms with Crippen LogP contribution >= 0.6 is 0 Å². The van der Waals surface area contributed by atoms with Crippen LogP contribution in [0.4, 0.5) is 0 Å². The molecule has 0 amide bonds. The van der Waals surface area contributed by atoms with Gasteiger partial charge in [-0.3, -0.25) is 4.79 Å². The maximum atomic E-state index is 12.6. The molecule has 0 saturated heterocycles. The molecule has 0 aliphatic heterocycles. The van der Waals surface area contributed by atoms with Gasteiger partial charge < -0.3 is 18.9 Å². The Morgan fingerprint density at radius 3 is 2.13 bits per heavy atom. The van der Waals surface area contributed by atoms with Gasteiger partial charge in [0.25, 0.3) is 0 Å². The predicted octanol–water partition coefficient (Wildman–Crippen LogP) is 4.83. The Bertz CT molecular complexity index is 1100. The Morgan fingerprint density at radius 2 is 1.45 bits per heavy atom. The van der Waals surface area contributed by atoms with Crippen molar-refractivity contribution >= 4 is 17.8 Å². The highest BCUT2D eigenvalue weighted by atomic mass is 16.5. The van der Waals surface area contributed by atoms with E-state index in [1.54, 1.807) is 79.9 Å². The predicted molar refractivity (Wildman–Crippen MR) is 117 cm³/mol. The van der Waals surface area contributed by atoms with E-state index in [0.717, 1.165) is 0 Å². The molecule has 3 rings (SSSR count). The molecule has 6 heteroatoms. The van der Waals surface area contributed by atoms with Crippen LogP contribution in [0.3, 0.4) is 0 Å². The minimum atomic E-state index is -0.485. The van der Waals surface area contributed by atoms with Gasteiger partial charge in [0.2, 0.25) is 0 Å². The number of rotatable bonds is 8. The van der Waals surface area contributed by atoms with E-state index in [0.29, 0.717) is 39.7 Å². The number of carbonyl (C=O) groups excluding carboxylic acids is 2. The number of hydrogen-bond donors (Lipinski definition) is 0. The number of ether oxygens (including phenoxy) is 4. The van der Waals surface area contributed by atoms with Crippen LogP contribution in [0.1, 0.15) is 26.3 Å². The van der Waals surface area contributed by atoms with E-state index in [-0.39, 0.29) is 5.78 Å².